The third-order valence-corrected chi connectivity index (χ3v) is 3.79. The van der Waals surface area contributed by atoms with Crippen molar-refractivity contribution < 1.29 is 17.9 Å². The van der Waals surface area contributed by atoms with E-state index < -0.39 is 6.36 Å². The molecule has 0 radical (unpaired) electrons. The van der Waals surface area contributed by atoms with E-state index in [0.717, 1.165) is 11.1 Å². The first-order chi connectivity index (χ1) is 11.4. The lowest BCUT2D eigenvalue weighted by Gasteiger charge is -2.26. The predicted molar refractivity (Wildman–Crippen MR) is 84.3 cm³/mol. The minimum absolute atomic E-state index is 0.106. The molecule has 1 unspecified atom stereocenters. The van der Waals surface area contributed by atoms with E-state index in [2.05, 4.69) is 9.73 Å². The van der Waals surface area contributed by atoms with Gasteiger partial charge in [0, 0.05) is 6.54 Å². The minimum Gasteiger partial charge on any atom is -0.406 e. The number of rotatable bonds is 4. The monoisotopic (exact) mass is 335 g/mol. The number of benzene rings is 2. The second-order valence-corrected chi connectivity index (χ2v) is 5.45. The third-order valence-electron chi connectivity index (χ3n) is 3.79. The van der Waals surface area contributed by atoms with Crippen LogP contribution in [0.25, 0.3) is 0 Å². The second-order valence-electron chi connectivity index (χ2n) is 5.45. The summed E-state index contributed by atoms with van der Waals surface area (Å²) in [5.41, 5.74) is 7.89. The standard InChI is InChI=1S/C17H16F3N3O/c18-17(19,20)24-14-8-6-13(7-9-14)15-10-22-16(21)23(15)11-12-4-2-1-3-5-12/h1-9,15H,10-11H2,(H2,21,22). The van der Waals surface area contributed by atoms with Crippen molar-refractivity contribution in [3.8, 4) is 5.75 Å². The maximum atomic E-state index is 12.2. The topological polar surface area (TPSA) is 50.9 Å². The van der Waals surface area contributed by atoms with E-state index in [0.29, 0.717) is 19.0 Å². The van der Waals surface area contributed by atoms with Gasteiger partial charge in [0.25, 0.3) is 0 Å². The Hall–Kier alpha value is -2.70. The molecule has 0 aliphatic carbocycles. The van der Waals surface area contributed by atoms with Crippen LogP contribution in [0, 0.1) is 0 Å². The molecule has 2 aromatic carbocycles. The molecule has 0 bridgehead atoms. The Labute approximate surface area is 137 Å². The molecular weight excluding hydrogens is 319 g/mol. The molecule has 1 heterocycles. The van der Waals surface area contributed by atoms with Crippen molar-refractivity contribution in [1.29, 1.82) is 0 Å². The molecule has 0 spiro atoms. The highest BCUT2D eigenvalue weighted by Crippen LogP contribution is 2.30. The number of alkyl halides is 3. The van der Waals surface area contributed by atoms with E-state index >= 15 is 0 Å². The molecule has 0 aromatic heterocycles. The summed E-state index contributed by atoms with van der Waals surface area (Å²) < 4.78 is 40.6. The number of aliphatic imine (C=N–C) groups is 1. The van der Waals surface area contributed by atoms with E-state index in [9.17, 15) is 13.2 Å². The number of nitrogens with zero attached hydrogens (tertiary/aromatic N) is 2. The summed E-state index contributed by atoms with van der Waals surface area (Å²) >= 11 is 0. The molecule has 0 amide bonds. The van der Waals surface area contributed by atoms with Crippen molar-refractivity contribution in [2.45, 2.75) is 18.9 Å². The van der Waals surface area contributed by atoms with Crippen LogP contribution in [-0.4, -0.2) is 23.8 Å². The first-order valence-electron chi connectivity index (χ1n) is 7.38. The molecule has 2 N–H and O–H groups in total. The van der Waals surface area contributed by atoms with Crippen molar-refractivity contribution >= 4 is 5.96 Å². The Morgan fingerprint density at radius 1 is 1.08 bits per heavy atom. The first kappa shape index (κ1) is 16.2. The fourth-order valence-electron chi connectivity index (χ4n) is 2.68. The van der Waals surface area contributed by atoms with Gasteiger partial charge in [0.05, 0.1) is 12.6 Å². The first-order valence-corrected chi connectivity index (χ1v) is 7.38. The van der Waals surface area contributed by atoms with E-state index in [-0.39, 0.29) is 11.8 Å². The fourth-order valence-corrected chi connectivity index (χ4v) is 2.68. The van der Waals surface area contributed by atoms with Gasteiger partial charge < -0.3 is 15.4 Å². The number of guanidine groups is 1. The Bertz CT molecular complexity index is 714. The lowest BCUT2D eigenvalue weighted by Crippen LogP contribution is -2.35. The molecule has 1 aliphatic rings. The second kappa shape index (κ2) is 6.43. The number of nitrogens with two attached hydrogens (primary N) is 1. The Balaban J connectivity index is 1.75. The van der Waals surface area contributed by atoms with Gasteiger partial charge in [0.2, 0.25) is 0 Å². The van der Waals surface area contributed by atoms with Crippen LogP contribution >= 0.6 is 0 Å². The lowest BCUT2D eigenvalue weighted by atomic mass is 10.1. The summed E-state index contributed by atoms with van der Waals surface area (Å²) in [6, 6.07) is 15.5. The van der Waals surface area contributed by atoms with Crippen LogP contribution < -0.4 is 10.5 Å². The molecule has 126 valence electrons. The molecule has 3 rings (SSSR count). The van der Waals surface area contributed by atoms with Crippen molar-refractivity contribution in [2.75, 3.05) is 6.54 Å². The molecule has 0 fully saturated rings. The summed E-state index contributed by atoms with van der Waals surface area (Å²) in [4.78, 5) is 6.20. The van der Waals surface area contributed by atoms with Crippen LogP contribution in [0.4, 0.5) is 13.2 Å². The Kier molecular flexibility index (Phi) is 4.33. The Morgan fingerprint density at radius 2 is 1.75 bits per heavy atom. The van der Waals surface area contributed by atoms with Crippen LogP contribution in [0.2, 0.25) is 0 Å². The van der Waals surface area contributed by atoms with Crippen molar-refractivity contribution in [1.82, 2.24) is 4.90 Å². The highest BCUT2D eigenvalue weighted by molar-refractivity contribution is 5.80. The van der Waals surface area contributed by atoms with Gasteiger partial charge in [-0.05, 0) is 23.3 Å². The van der Waals surface area contributed by atoms with Gasteiger partial charge in [-0.25, -0.2) is 0 Å². The Morgan fingerprint density at radius 3 is 2.38 bits per heavy atom. The molecule has 4 nitrogen and oxygen atoms in total. The fraction of sp³-hybridized carbons (Fsp3) is 0.235. The normalized spacial score (nSPS) is 17.7. The summed E-state index contributed by atoms with van der Waals surface area (Å²) in [5.74, 6) is 0.187. The zero-order valence-corrected chi connectivity index (χ0v) is 12.7. The summed E-state index contributed by atoms with van der Waals surface area (Å²) in [7, 11) is 0. The summed E-state index contributed by atoms with van der Waals surface area (Å²) in [6.45, 7) is 1.06. The summed E-state index contributed by atoms with van der Waals surface area (Å²) in [5, 5.41) is 0. The van der Waals surface area contributed by atoms with Gasteiger partial charge in [0.1, 0.15) is 5.75 Å². The third kappa shape index (κ3) is 3.79. The SMILES string of the molecule is NC1=NCC(c2ccc(OC(F)(F)F)cc2)N1Cc1ccccc1. The quantitative estimate of drug-likeness (QED) is 0.931. The van der Waals surface area contributed by atoms with Gasteiger partial charge in [-0.3, -0.25) is 4.99 Å². The van der Waals surface area contributed by atoms with Gasteiger partial charge >= 0.3 is 6.36 Å². The van der Waals surface area contributed by atoms with Crippen LogP contribution in [-0.2, 0) is 6.54 Å². The van der Waals surface area contributed by atoms with Crippen LogP contribution in [0.5, 0.6) is 5.75 Å². The van der Waals surface area contributed by atoms with Crippen LogP contribution in [0.15, 0.2) is 59.6 Å². The highest BCUT2D eigenvalue weighted by atomic mass is 19.4. The lowest BCUT2D eigenvalue weighted by molar-refractivity contribution is -0.274. The van der Waals surface area contributed by atoms with Crippen molar-refractivity contribution in [2.24, 2.45) is 10.7 Å². The average molecular weight is 335 g/mol. The molecule has 1 atom stereocenters. The molecule has 0 saturated heterocycles. The maximum Gasteiger partial charge on any atom is 0.573 e. The number of hydrogen-bond acceptors (Lipinski definition) is 4. The zero-order valence-electron chi connectivity index (χ0n) is 12.7. The minimum atomic E-state index is -4.69. The van der Waals surface area contributed by atoms with E-state index in [1.165, 1.54) is 12.1 Å². The number of ether oxygens (including phenoxy) is 1. The number of halogens is 3. The van der Waals surface area contributed by atoms with E-state index in [1.807, 2.05) is 35.2 Å². The molecule has 2 aromatic rings. The van der Waals surface area contributed by atoms with Crippen LogP contribution in [0.3, 0.4) is 0 Å². The van der Waals surface area contributed by atoms with E-state index in [4.69, 9.17) is 5.73 Å². The molecule has 1 aliphatic heterocycles. The van der Waals surface area contributed by atoms with E-state index in [1.54, 1.807) is 12.1 Å². The molecule has 7 heteroatoms. The predicted octanol–water partition coefficient (Wildman–Crippen LogP) is 3.46. The molecule has 24 heavy (non-hydrogen) atoms. The average Bonchev–Trinajstić information content (AvgIpc) is 2.89. The van der Waals surface area contributed by atoms with Crippen molar-refractivity contribution in [3.63, 3.8) is 0 Å². The van der Waals surface area contributed by atoms with Crippen LogP contribution in [0.1, 0.15) is 17.2 Å². The van der Waals surface area contributed by atoms with Crippen molar-refractivity contribution in [3.05, 3.63) is 65.7 Å². The maximum absolute atomic E-state index is 12.2. The van der Waals surface area contributed by atoms with Gasteiger partial charge in [-0.15, -0.1) is 13.2 Å². The molecular formula is C17H16F3N3O. The number of hydrogen-bond donors (Lipinski definition) is 1. The highest BCUT2D eigenvalue weighted by Gasteiger charge is 2.31. The smallest absolute Gasteiger partial charge is 0.406 e. The van der Waals surface area contributed by atoms with Gasteiger partial charge in [-0.2, -0.15) is 0 Å². The zero-order chi connectivity index (χ0) is 17.2. The summed E-state index contributed by atoms with van der Waals surface area (Å²) in [6.07, 6.45) is -4.69. The largest absolute Gasteiger partial charge is 0.573 e. The van der Waals surface area contributed by atoms with Gasteiger partial charge in [0.15, 0.2) is 5.96 Å². The molecule has 0 saturated carbocycles. The van der Waals surface area contributed by atoms with Gasteiger partial charge in [-0.1, -0.05) is 42.5 Å².